The lowest BCUT2D eigenvalue weighted by atomic mass is 10.1. The Morgan fingerprint density at radius 1 is 0.963 bits per heavy atom. The molecule has 1 aromatic heterocycles. The minimum absolute atomic E-state index is 0.0514. The third-order valence-corrected chi connectivity index (χ3v) is 5.97. The standard InChI is InChI=1S/C19H20BrClN4O2/c20-13-4-5-16(21)15(11-13)18(26)23-7-9-24(10-8-23)19(27)17-12-14-3-1-2-6-25(14)22-17/h4-5,11-12H,1-3,6-10H2. The van der Waals surface area contributed by atoms with Gasteiger partial charge in [-0.2, -0.15) is 5.10 Å². The molecule has 2 aliphatic rings. The van der Waals surface area contributed by atoms with Gasteiger partial charge in [0.2, 0.25) is 0 Å². The minimum atomic E-state index is -0.106. The van der Waals surface area contributed by atoms with Gasteiger partial charge in [0.15, 0.2) is 5.69 Å². The van der Waals surface area contributed by atoms with Crippen LogP contribution in [0.15, 0.2) is 28.7 Å². The van der Waals surface area contributed by atoms with Gasteiger partial charge in [-0.05, 0) is 43.5 Å². The van der Waals surface area contributed by atoms with Crippen molar-refractivity contribution in [1.29, 1.82) is 0 Å². The van der Waals surface area contributed by atoms with Gasteiger partial charge in [-0.3, -0.25) is 14.3 Å². The van der Waals surface area contributed by atoms with Crippen LogP contribution in [-0.2, 0) is 13.0 Å². The summed E-state index contributed by atoms with van der Waals surface area (Å²) in [4.78, 5) is 29.1. The van der Waals surface area contributed by atoms with Crippen LogP contribution in [0.25, 0.3) is 0 Å². The van der Waals surface area contributed by atoms with Gasteiger partial charge in [0.1, 0.15) is 0 Å². The largest absolute Gasteiger partial charge is 0.335 e. The number of fused-ring (bicyclic) bond motifs is 1. The van der Waals surface area contributed by atoms with Gasteiger partial charge in [-0.15, -0.1) is 0 Å². The maximum Gasteiger partial charge on any atom is 0.274 e. The predicted octanol–water partition coefficient (Wildman–Crippen LogP) is 3.23. The van der Waals surface area contributed by atoms with Crippen molar-refractivity contribution in [2.45, 2.75) is 25.8 Å². The number of aryl methyl sites for hydroxylation is 2. The molecule has 6 nitrogen and oxygen atoms in total. The van der Waals surface area contributed by atoms with E-state index in [4.69, 9.17) is 11.6 Å². The molecule has 2 aliphatic heterocycles. The summed E-state index contributed by atoms with van der Waals surface area (Å²) in [6.45, 7) is 2.86. The van der Waals surface area contributed by atoms with Crippen LogP contribution in [0.5, 0.6) is 0 Å². The summed E-state index contributed by atoms with van der Waals surface area (Å²) in [6.07, 6.45) is 3.25. The molecule has 0 spiro atoms. The van der Waals surface area contributed by atoms with Crippen molar-refractivity contribution < 1.29 is 9.59 Å². The fraction of sp³-hybridized carbons (Fsp3) is 0.421. The van der Waals surface area contributed by atoms with E-state index in [1.165, 1.54) is 0 Å². The maximum atomic E-state index is 12.8. The Labute approximate surface area is 171 Å². The van der Waals surface area contributed by atoms with Crippen molar-refractivity contribution in [3.8, 4) is 0 Å². The molecule has 1 aromatic carbocycles. The summed E-state index contributed by atoms with van der Waals surface area (Å²) in [7, 11) is 0. The Morgan fingerprint density at radius 2 is 1.67 bits per heavy atom. The molecule has 1 fully saturated rings. The first-order valence-corrected chi connectivity index (χ1v) is 10.3. The second kappa shape index (κ2) is 7.64. The molecule has 2 aromatic rings. The number of hydrogen-bond donors (Lipinski definition) is 0. The van der Waals surface area contributed by atoms with Crippen molar-refractivity contribution in [2.75, 3.05) is 26.2 Å². The molecule has 0 N–H and O–H groups in total. The molecule has 4 rings (SSSR count). The van der Waals surface area contributed by atoms with E-state index >= 15 is 0 Å². The van der Waals surface area contributed by atoms with Crippen LogP contribution in [0.1, 0.15) is 39.4 Å². The lowest BCUT2D eigenvalue weighted by Crippen LogP contribution is -2.50. The summed E-state index contributed by atoms with van der Waals surface area (Å²) in [5.74, 6) is -0.157. The Balaban J connectivity index is 1.41. The summed E-state index contributed by atoms with van der Waals surface area (Å²) in [5, 5.41) is 4.91. The zero-order valence-electron chi connectivity index (χ0n) is 14.8. The fourth-order valence-corrected chi connectivity index (χ4v) is 4.19. The van der Waals surface area contributed by atoms with Gasteiger partial charge in [0, 0.05) is 42.9 Å². The zero-order valence-corrected chi connectivity index (χ0v) is 17.2. The molecule has 3 heterocycles. The van der Waals surface area contributed by atoms with E-state index in [1.54, 1.807) is 28.0 Å². The van der Waals surface area contributed by atoms with Gasteiger partial charge >= 0.3 is 0 Å². The molecule has 0 radical (unpaired) electrons. The number of halogens is 2. The van der Waals surface area contributed by atoms with Crippen molar-refractivity contribution >= 4 is 39.3 Å². The van der Waals surface area contributed by atoms with Gasteiger partial charge in [-0.25, -0.2) is 0 Å². The smallest absolute Gasteiger partial charge is 0.274 e. The Bertz CT molecular complexity index is 866. The first-order valence-electron chi connectivity index (χ1n) is 9.13. The molecule has 0 atom stereocenters. The van der Waals surface area contributed by atoms with E-state index in [0.29, 0.717) is 42.5 Å². The number of piperazine rings is 1. The second-order valence-electron chi connectivity index (χ2n) is 6.91. The van der Waals surface area contributed by atoms with Crippen molar-refractivity contribution in [1.82, 2.24) is 19.6 Å². The van der Waals surface area contributed by atoms with E-state index in [9.17, 15) is 9.59 Å². The van der Waals surface area contributed by atoms with Crippen LogP contribution in [-0.4, -0.2) is 57.6 Å². The molecule has 1 saturated heterocycles. The summed E-state index contributed by atoms with van der Waals surface area (Å²) in [5.41, 5.74) is 2.14. The zero-order chi connectivity index (χ0) is 19.0. The maximum absolute atomic E-state index is 12.8. The average molecular weight is 452 g/mol. The number of carbonyl (C=O) groups excluding carboxylic acids is 2. The highest BCUT2D eigenvalue weighted by atomic mass is 79.9. The molecule has 142 valence electrons. The second-order valence-corrected chi connectivity index (χ2v) is 8.23. The number of aromatic nitrogens is 2. The average Bonchev–Trinajstić information content (AvgIpc) is 3.13. The van der Waals surface area contributed by atoms with Crippen LogP contribution < -0.4 is 0 Å². The fourth-order valence-electron chi connectivity index (χ4n) is 3.63. The molecular formula is C19H20BrClN4O2. The van der Waals surface area contributed by atoms with Crippen LogP contribution in [0.4, 0.5) is 0 Å². The SMILES string of the molecule is O=C(c1cc2n(n1)CCCC2)N1CCN(C(=O)c2cc(Br)ccc2Cl)CC1. The molecule has 0 unspecified atom stereocenters. The van der Waals surface area contributed by atoms with E-state index in [2.05, 4.69) is 21.0 Å². The molecule has 0 saturated carbocycles. The molecule has 2 amide bonds. The first kappa shape index (κ1) is 18.5. The van der Waals surface area contributed by atoms with E-state index in [-0.39, 0.29) is 11.8 Å². The summed E-state index contributed by atoms with van der Waals surface area (Å²) in [6, 6.07) is 7.16. The highest BCUT2D eigenvalue weighted by molar-refractivity contribution is 9.10. The highest BCUT2D eigenvalue weighted by Gasteiger charge is 2.28. The van der Waals surface area contributed by atoms with Crippen molar-refractivity contribution in [2.24, 2.45) is 0 Å². The summed E-state index contributed by atoms with van der Waals surface area (Å²) >= 11 is 9.55. The molecule has 0 bridgehead atoms. The number of hydrogen-bond acceptors (Lipinski definition) is 3. The third-order valence-electron chi connectivity index (χ3n) is 5.15. The molecule has 27 heavy (non-hydrogen) atoms. The minimum Gasteiger partial charge on any atom is -0.335 e. The third kappa shape index (κ3) is 3.75. The van der Waals surface area contributed by atoms with Crippen LogP contribution in [0, 0.1) is 0 Å². The lowest BCUT2D eigenvalue weighted by molar-refractivity contribution is 0.0532. The van der Waals surface area contributed by atoms with Crippen LogP contribution in [0.2, 0.25) is 5.02 Å². The quantitative estimate of drug-likeness (QED) is 0.704. The molecule has 8 heteroatoms. The predicted molar refractivity (Wildman–Crippen MR) is 106 cm³/mol. The van der Waals surface area contributed by atoms with Gasteiger partial charge in [0.05, 0.1) is 10.6 Å². The van der Waals surface area contributed by atoms with E-state index in [1.807, 2.05) is 10.7 Å². The Morgan fingerprint density at radius 3 is 2.37 bits per heavy atom. The van der Waals surface area contributed by atoms with Gasteiger partial charge in [-0.1, -0.05) is 27.5 Å². The van der Waals surface area contributed by atoms with Crippen molar-refractivity contribution in [3.63, 3.8) is 0 Å². The van der Waals surface area contributed by atoms with Gasteiger partial charge < -0.3 is 9.80 Å². The topological polar surface area (TPSA) is 58.4 Å². The monoisotopic (exact) mass is 450 g/mol. The summed E-state index contributed by atoms with van der Waals surface area (Å²) < 4.78 is 2.76. The number of carbonyl (C=O) groups is 2. The highest BCUT2D eigenvalue weighted by Crippen LogP contribution is 2.23. The molecule has 0 aliphatic carbocycles. The Hall–Kier alpha value is -1.86. The van der Waals surface area contributed by atoms with Crippen molar-refractivity contribution in [3.05, 3.63) is 50.7 Å². The number of nitrogens with zero attached hydrogens (tertiary/aromatic N) is 4. The first-order chi connectivity index (χ1) is 13.0. The lowest BCUT2D eigenvalue weighted by Gasteiger charge is -2.34. The van der Waals surface area contributed by atoms with E-state index < -0.39 is 0 Å². The number of rotatable bonds is 2. The number of benzene rings is 1. The van der Waals surface area contributed by atoms with Gasteiger partial charge in [0.25, 0.3) is 11.8 Å². The Kier molecular flexibility index (Phi) is 5.23. The number of amides is 2. The van der Waals surface area contributed by atoms with E-state index in [0.717, 1.165) is 36.0 Å². The normalized spacial score (nSPS) is 17.0. The molecular weight excluding hydrogens is 432 g/mol. The van der Waals surface area contributed by atoms with Crippen LogP contribution in [0.3, 0.4) is 0 Å². The van der Waals surface area contributed by atoms with Crippen LogP contribution >= 0.6 is 27.5 Å².